The SMILES string of the molecule is O=CC1CCN(Cc2ccccc2-c2ccc(C(F)(F)F)cc2)CC1. The van der Waals surface area contributed by atoms with Crippen molar-refractivity contribution < 1.29 is 18.0 Å². The van der Waals surface area contributed by atoms with Gasteiger partial charge in [0, 0.05) is 12.5 Å². The van der Waals surface area contributed by atoms with Crippen LogP contribution in [0.1, 0.15) is 24.0 Å². The summed E-state index contributed by atoms with van der Waals surface area (Å²) in [6.45, 7) is 2.47. The van der Waals surface area contributed by atoms with Crippen molar-refractivity contribution in [3.05, 3.63) is 59.7 Å². The van der Waals surface area contributed by atoms with Crippen LogP contribution in [0.5, 0.6) is 0 Å². The Bertz CT molecular complexity index is 716. The fourth-order valence-corrected chi connectivity index (χ4v) is 3.27. The standard InChI is InChI=1S/C20H20F3NO/c21-20(22,23)18-7-5-16(6-8-18)19-4-2-1-3-17(19)13-24-11-9-15(14-25)10-12-24/h1-8,14-15H,9-13H2. The number of hydrogen-bond acceptors (Lipinski definition) is 2. The van der Waals surface area contributed by atoms with E-state index in [4.69, 9.17) is 0 Å². The van der Waals surface area contributed by atoms with E-state index in [1.807, 2.05) is 24.3 Å². The molecule has 2 aromatic carbocycles. The summed E-state index contributed by atoms with van der Waals surface area (Å²) >= 11 is 0. The van der Waals surface area contributed by atoms with Gasteiger partial charge in [0.15, 0.2) is 0 Å². The summed E-state index contributed by atoms with van der Waals surface area (Å²) in [5.41, 5.74) is 2.19. The Morgan fingerprint density at radius 2 is 1.64 bits per heavy atom. The Labute approximate surface area is 145 Å². The molecule has 25 heavy (non-hydrogen) atoms. The summed E-state index contributed by atoms with van der Waals surface area (Å²) < 4.78 is 38.2. The lowest BCUT2D eigenvalue weighted by molar-refractivity contribution is -0.137. The zero-order valence-corrected chi connectivity index (χ0v) is 13.8. The number of piperidine rings is 1. The third kappa shape index (κ3) is 4.28. The predicted molar refractivity (Wildman–Crippen MR) is 90.9 cm³/mol. The van der Waals surface area contributed by atoms with Gasteiger partial charge in [-0.25, -0.2) is 0 Å². The van der Waals surface area contributed by atoms with Gasteiger partial charge in [-0.1, -0.05) is 36.4 Å². The quantitative estimate of drug-likeness (QED) is 0.742. The molecule has 2 aromatic rings. The van der Waals surface area contributed by atoms with Gasteiger partial charge in [-0.2, -0.15) is 13.2 Å². The number of aldehydes is 1. The van der Waals surface area contributed by atoms with Crippen LogP contribution in [0.2, 0.25) is 0 Å². The van der Waals surface area contributed by atoms with Crippen LogP contribution in [-0.4, -0.2) is 24.3 Å². The average Bonchev–Trinajstić information content (AvgIpc) is 2.62. The number of hydrogen-bond donors (Lipinski definition) is 0. The van der Waals surface area contributed by atoms with Gasteiger partial charge in [0.05, 0.1) is 5.56 Å². The molecule has 1 fully saturated rings. The van der Waals surface area contributed by atoms with Gasteiger partial charge >= 0.3 is 6.18 Å². The zero-order valence-electron chi connectivity index (χ0n) is 13.8. The molecule has 3 rings (SSSR count). The van der Waals surface area contributed by atoms with Crippen molar-refractivity contribution in [3.8, 4) is 11.1 Å². The Balaban J connectivity index is 1.78. The Hall–Kier alpha value is -2.14. The molecule has 0 atom stereocenters. The van der Waals surface area contributed by atoms with Crippen molar-refractivity contribution in [3.63, 3.8) is 0 Å². The molecular weight excluding hydrogens is 327 g/mol. The normalized spacial score (nSPS) is 16.8. The number of carbonyl (C=O) groups is 1. The number of alkyl halides is 3. The summed E-state index contributed by atoms with van der Waals surface area (Å²) in [5.74, 6) is 0.154. The molecule has 0 aliphatic carbocycles. The summed E-state index contributed by atoms with van der Waals surface area (Å²) in [6.07, 6.45) is -1.55. The fraction of sp³-hybridized carbons (Fsp3) is 0.350. The van der Waals surface area contributed by atoms with E-state index in [0.717, 1.165) is 67.6 Å². The van der Waals surface area contributed by atoms with Gasteiger partial charge in [0.2, 0.25) is 0 Å². The molecule has 1 saturated heterocycles. The first-order valence-electron chi connectivity index (χ1n) is 8.40. The predicted octanol–water partition coefficient (Wildman–Crippen LogP) is 4.78. The largest absolute Gasteiger partial charge is 0.416 e. The van der Waals surface area contributed by atoms with Crippen molar-refractivity contribution in [2.75, 3.05) is 13.1 Å². The number of nitrogens with zero attached hydrogens (tertiary/aromatic N) is 1. The van der Waals surface area contributed by atoms with Crippen LogP contribution in [0, 0.1) is 5.92 Å². The van der Waals surface area contributed by atoms with Gasteiger partial charge in [-0.05, 0) is 54.8 Å². The van der Waals surface area contributed by atoms with Crippen molar-refractivity contribution in [2.45, 2.75) is 25.6 Å². The second kappa shape index (κ2) is 7.40. The Kier molecular flexibility index (Phi) is 5.23. The highest BCUT2D eigenvalue weighted by molar-refractivity contribution is 5.67. The molecule has 0 bridgehead atoms. The monoisotopic (exact) mass is 347 g/mol. The minimum atomic E-state index is -4.32. The average molecular weight is 347 g/mol. The number of benzene rings is 2. The lowest BCUT2D eigenvalue weighted by atomic mass is 9.95. The maximum Gasteiger partial charge on any atom is 0.416 e. The van der Waals surface area contributed by atoms with E-state index in [-0.39, 0.29) is 5.92 Å². The van der Waals surface area contributed by atoms with Crippen molar-refractivity contribution in [1.82, 2.24) is 4.90 Å². The molecule has 132 valence electrons. The lowest BCUT2D eigenvalue weighted by Gasteiger charge is -2.30. The number of likely N-dealkylation sites (tertiary alicyclic amines) is 1. The summed E-state index contributed by atoms with van der Waals surface area (Å²) in [4.78, 5) is 13.2. The van der Waals surface area contributed by atoms with Crippen LogP contribution >= 0.6 is 0 Å². The van der Waals surface area contributed by atoms with Crippen LogP contribution < -0.4 is 0 Å². The second-order valence-electron chi connectivity index (χ2n) is 6.48. The molecule has 2 nitrogen and oxygen atoms in total. The summed E-state index contributed by atoms with van der Waals surface area (Å²) in [7, 11) is 0. The molecule has 0 N–H and O–H groups in total. The molecule has 0 radical (unpaired) electrons. The molecule has 0 spiro atoms. The molecule has 0 saturated carbocycles. The molecule has 1 aliphatic rings. The maximum absolute atomic E-state index is 12.7. The smallest absolute Gasteiger partial charge is 0.303 e. The maximum atomic E-state index is 12.7. The third-order valence-electron chi connectivity index (χ3n) is 4.76. The van der Waals surface area contributed by atoms with Crippen LogP contribution in [-0.2, 0) is 17.5 Å². The van der Waals surface area contributed by atoms with Crippen molar-refractivity contribution in [2.24, 2.45) is 5.92 Å². The van der Waals surface area contributed by atoms with Gasteiger partial charge in [0.1, 0.15) is 6.29 Å². The van der Waals surface area contributed by atoms with Gasteiger partial charge in [-0.3, -0.25) is 4.90 Å². The molecule has 5 heteroatoms. The molecule has 0 aromatic heterocycles. The first-order valence-corrected chi connectivity index (χ1v) is 8.40. The van der Waals surface area contributed by atoms with Crippen LogP contribution in [0.4, 0.5) is 13.2 Å². The Morgan fingerprint density at radius 3 is 2.24 bits per heavy atom. The van der Waals surface area contributed by atoms with E-state index < -0.39 is 11.7 Å². The Morgan fingerprint density at radius 1 is 1.00 bits per heavy atom. The van der Waals surface area contributed by atoms with E-state index in [1.165, 1.54) is 12.1 Å². The van der Waals surface area contributed by atoms with E-state index >= 15 is 0 Å². The van der Waals surface area contributed by atoms with Gasteiger partial charge < -0.3 is 4.79 Å². The number of rotatable bonds is 4. The van der Waals surface area contributed by atoms with Crippen molar-refractivity contribution in [1.29, 1.82) is 0 Å². The van der Waals surface area contributed by atoms with E-state index in [9.17, 15) is 18.0 Å². The highest BCUT2D eigenvalue weighted by atomic mass is 19.4. The van der Waals surface area contributed by atoms with Crippen LogP contribution in [0.3, 0.4) is 0 Å². The number of halogens is 3. The number of carbonyl (C=O) groups excluding carboxylic acids is 1. The summed E-state index contributed by atoms with van der Waals surface area (Å²) in [5, 5.41) is 0. The minimum Gasteiger partial charge on any atom is -0.303 e. The highest BCUT2D eigenvalue weighted by Crippen LogP contribution is 2.32. The first kappa shape index (κ1) is 17.7. The van der Waals surface area contributed by atoms with Crippen molar-refractivity contribution >= 4 is 6.29 Å². The highest BCUT2D eigenvalue weighted by Gasteiger charge is 2.30. The third-order valence-corrected chi connectivity index (χ3v) is 4.76. The van der Waals surface area contributed by atoms with Crippen LogP contribution in [0.15, 0.2) is 48.5 Å². The second-order valence-corrected chi connectivity index (χ2v) is 6.48. The first-order chi connectivity index (χ1) is 12.0. The summed E-state index contributed by atoms with van der Waals surface area (Å²) in [6, 6.07) is 13.1. The van der Waals surface area contributed by atoms with E-state index in [2.05, 4.69) is 4.90 Å². The van der Waals surface area contributed by atoms with Crippen LogP contribution in [0.25, 0.3) is 11.1 Å². The van der Waals surface area contributed by atoms with Gasteiger partial charge in [0.25, 0.3) is 0 Å². The molecule has 0 amide bonds. The fourth-order valence-electron chi connectivity index (χ4n) is 3.27. The topological polar surface area (TPSA) is 20.3 Å². The lowest BCUT2D eigenvalue weighted by Crippen LogP contribution is -2.33. The molecule has 1 aliphatic heterocycles. The van der Waals surface area contributed by atoms with E-state index in [1.54, 1.807) is 0 Å². The zero-order chi connectivity index (χ0) is 17.9. The van der Waals surface area contributed by atoms with E-state index in [0.29, 0.717) is 0 Å². The molecule has 1 heterocycles. The van der Waals surface area contributed by atoms with Gasteiger partial charge in [-0.15, -0.1) is 0 Å². The minimum absolute atomic E-state index is 0.154. The molecular formula is C20H20F3NO. The molecule has 0 unspecified atom stereocenters.